The van der Waals surface area contributed by atoms with Crippen LogP contribution >= 0.6 is 11.3 Å². The maximum atomic E-state index is 12.9. The number of rotatable bonds is 7. The van der Waals surface area contributed by atoms with Gasteiger partial charge < -0.3 is 9.84 Å². The highest BCUT2D eigenvalue weighted by Gasteiger charge is 2.31. The van der Waals surface area contributed by atoms with Gasteiger partial charge in [0.25, 0.3) is 0 Å². The van der Waals surface area contributed by atoms with Gasteiger partial charge in [0, 0.05) is 11.3 Å². The molecule has 1 aromatic heterocycles. The number of carboxylic acids is 1. The summed E-state index contributed by atoms with van der Waals surface area (Å²) in [5, 5.41) is 9.13. The number of ether oxygens (including phenoxy) is 1. The van der Waals surface area contributed by atoms with Crippen LogP contribution in [0.25, 0.3) is 11.1 Å². The summed E-state index contributed by atoms with van der Waals surface area (Å²) in [6.07, 6.45) is -11.4. The molecule has 0 aliphatic rings. The maximum absolute atomic E-state index is 12.9. The highest BCUT2D eigenvalue weighted by molar-refractivity contribution is 7.14. The van der Waals surface area contributed by atoms with Crippen molar-refractivity contribution in [1.29, 1.82) is 0 Å². The van der Waals surface area contributed by atoms with Gasteiger partial charge in [-0.15, -0.1) is 11.3 Å². The van der Waals surface area contributed by atoms with E-state index in [0.717, 1.165) is 23.5 Å². The predicted molar refractivity (Wildman–Crippen MR) is 116 cm³/mol. The molecule has 0 fully saturated rings. The molecule has 0 aliphatic carbocycles. The smallest absolute Gasteiger partial charge is 0.416 e. The summed E-state index contributed by atoms with van der Waals surface area (Å²) in [5.74, 6) is -0.901. The van der Waals surface area contributed by atoms with Crippen LogP contribution in [-0.4, -0.2) is 17.3 Å². The van der Waals surface area contributed by atoms with E-state index in [9.17, 15) is 31.1 Å². The Labute approximate surface area is 195 Å². The minimum absolute atomic E-state index is 0.0133. The lowest BCUT2D eigenvalue weighted by molar-refractivity contribution is -0.139. The van der Waals surface area contributed by atoms with Gasteiger partial charge in [-0.3, -0.25) is 0 Å². The molecule has 1 atom stereocenters. The Morgan fingerprint density at radius 1 is 0.971 bits per heavy atom. The molecule has 3 nitrogen and oxygen atoms in total. The Kier molecular flexibility index (Phi) is 7.30. The lowest BCUT2D eigenvalue weighted by Gasteiger charge is -2.21. The van der Waals surface area contributed by atoms with Crippen molar-refractivity contribution < 1.29 is 41.0 Å². The number of aromatic carboxylic acids is 1. The first-order valence-corrected chi connectivity index (χ1v) is 10.9. The minimum atomic E-state index is -4.45. The average Bonchev–Trinajstić information content (AvgIpc) is 3.20. The van der Waals surface area contributed by atoms with Crippen LogP contribution in [0, 0.1) is 13.8 Å². The quantitative estimate of drug-likeness (QED) is 0.331. The van der Waals surface area contributed by atoms with Crippen molar-refractivity contribution in [3.8, 4) is 16.9 Å². The third-order valence-electron chi connectivity index (χ3n) is 5.13. The molecule has 182 valence electrons. The molecule has 10 heteroatoms. The lowest BCUT2D eigenvalue weighted by Crippen LogP contribution is -2.13. The maximum Gasteiger partial charge on any atom is 0.416 e. The highest BCUT2D eigenvalue weighted by Crippen LogP contribution is 2.38. The molecule has 34 heavy (non-hydrogen) atoms. The summed E-state index contributed by atoms with van der Waals surface area (Å²) < 4.78 is 83.0. The van der Waals surface area contributed by atoms with Crippen LogP contribution in [0.15, 0.2) is 48.5 Å². The van der Waals surface area contributed by atoms with Crippen molar-refractivity contribution in [3.63, 3.8) is 0 Å². The Bertz CT molecular complexity index is 1140. The first kappa shape index (κ1) is 25.6. The first-order valence-electron chi connectivity index (χ1n) is 10.1. The third-order valence-corrected chi connectivity index (χ3v) is 6.30. The van der Waals surface area contributed by atoms with Crippen molar-refractivity contribution in [2.45, 2.75) is 45.1 Å². The molecule has 1 unspecified atom stereocenters. The van der Waals surface area contributed by atoms with E-state index in [1.807, 2.05) is 0 Å². The Morgan fingerprint density at radius 2 is 1.56 bits per heavy atom. The fourth-order valence-electron chi connectivity index (χ4n) is 3.63. The number of carboxylic acid groups (broad SMARTS) is 1. The molecular weight excluding hydrogens is 482 g/mol. The fraction of sp³-hybridized carbons (Fsp3) is 0.292. The molecule has 0 saturated heterocycles. The molecule has 0 saturated carbocycles. The van der Waals surface area contributed by atoms with Gasteiger partial charge in [0.1, 0.15) is 16.7 Å². The Morgan fingerprint density at radius 3 is 2.03 bits per heavy atom. The monoisotopic (exact) mass is 502 g/mol. The molecule has 3 rings (SSSR count). The van der Waals surface area contributed by atoms with Crippen LogP contribution < -0.4 is 4.74 Å². The van der Waals surface area contributed by atoms with E-state index in [1.165, 1.54) is 24.3 Å². The van der Waals surface area contributed by atoms with Gasteiger partial charge in [-0.25, -0.2) is 4.79 Å². The zero-order valence-electron chi connectivity index (χ0n) is 18.1. The standard InChI is InChI=1S/C24H20F6O3S/c1-13-11-17(12-14(2)21(13)15-3-5-16(6-4-15)24(28,29)30)33-18(9-10-23(25,26)27)19-7-8-20(34-19)22(31)32/h3-8,11-12,18H,9-10H2,1-2H3,(H,31,32). The number of carbonyl (C=O) groups is 1. The zero-order chi connectivity index (χ0) is 25.3. The van der Waals surface area contributed by atoms with Gasteiger partial charge in [0.05, 0.1) is 5.56 Å². The summed E-state index contributed by atoms with van der Waals surface area (Å²) in [6, 6.07) is 10.7. The SMILES string of the molecule is Cc1cc(OC(CCC(F)(F)F)c2ccc(C(=O)O)s2)cc(C)c1-c1ccc(C(F)(F)F)cc1. The Hall–Kier alpha value is -3.01. The second kappa shape index (κ2) is 9.69. The van der Waals surface area contributed by atoms with E-state index >= 15 is 0 Å². The van der Waals surface area contributed by atoms with Crippen LogP contribution in [0.1, 0.15) is 50.2 Å². The number of alkyl halides is 6. The van der Waals surface area contributed by atoms with Crippen LogP contribution in [0.2, 0.25) is 0 Å². The van der Waals surface area contributed by atoms with Crippen LogP contribution in [0.4, 0.5) is 26.3 Å². The van der Waals surface area contributed by atoms with Gasteiger partial charge in [-0.2, -0.15) is 26.3 Å². The molecule has 2 aromatic carbocycles. The second-order valence-electron chi connectivity index (χ2n) is 7.77. The molecule has 1 N–H and O–H groups in total. The molecule has 0 amide bonds. The summed E-state index contributed by atoms with van der Waals surface area (Å²) in [6.45, 7) is 3.45. The molecule has 0 aliphatic heterocycles. The molecule has 0 radical (unpaired) electrons. The molecule has 0 bridgehead atoms. The van der Waals surface area contributed by atoms with E-state index < -0.39 is 42.8 Å². The molecule has 1 heterocycles. The minimum Gasteiger partial charge on any atom is -0.485 e. The zero-order valence-corrected chi connectivity index (χ0v) is 18.9. The fourth-order valence-corrected chi connectivity index (χ4v) is 4.54. The summed E-state index contributed by atoms with van der Waals surface area (Å²) >= 11 is 0.847. The number of benzene rings is 2. The van der Waals surface area contributed by atoms with Crippen molar-refractivity contribution in [2.24, 2.45) is 0 Å². The van der Waals surface area contributed by atoms with E-state index in [0.29, 0.717) is 27.1 Å². The number of hydrogen-bond acceptors (Lipinski definition) is 3. The summed E-state index contributed by atoms with van der Waals surface area (Å²) in [5.41, 5.74) is 1.82. The predicted octanol–water partition coefficient (Wildman–Crippen LogP) is 8.21. The van der Waals surface area contributed by atoms with Crippen molar-refractivity contribution in [3.05, 3.63) is 75.0 Å². The first-order chi connectivity index (χ1) is 15.7. The second-order valence-corrected chi connectivity index (χ2v) is 8.89. The highest BCUT2D eigenvalue weighted by atomic mass is 32.1. The van der Waals surface area contributed by atoms with Crippen LogP contribution in [0.5, 0.6) is 5.75 Å². The van der Waals surface area contributed by atoms with Gasteiger partial charge in [0.2, 0.25) is 0 Å². The van der Waals surface area contributed by atoms with E-state index in [1.54, 1.807) is 26.0 Å². The van der Waals surface area contributed by atoms with Gasteiger partial charge >= 0.3 is 18.3 Å². The van der Waals surface area contributed by atoms with Crippen molar-refractivity contribution in [2.75, 3.05) is 0 Å². The topological polar surface area (TPSA) is 46.5 Å². The number of thiophene rings is 1. The van der Waals surface area contributed by atoms with E-state index in [4.69, 9.17) is 9.84 Å². The molecular formula is C24H20F6O3S. The van der Waals surface area contributed by atoms with E-state index in [2.05, 4.69) is 0 Å². The number of aryl methyl sites for hydroxylation is 2. The van der Waals surface area contributed by atoms with Crippen LogP contribution in [-0.2, 0) is 6.18 Å². The number of hydrogen-bond donors (Lipinski definition) is 1. The van der Waals surface area contributed by atoms with Crippen molar-refractivity contribution >= 4 is 17.3 Å². The van der Waals surface area contributed by atoms with Gasteiger partial charge in [-0.05, 0) is 78.9 Å². The third kappa shape index (κ3) is 6.31. The van der Waals surface area contributed by atoms with E-state index in [-0.39, 0.29) is 10.6 Å². The molecule has 3 aromatic rings. The summed E-state index contributed by atoms with van der Waals surface area (Å²) in [4.78, 5) is 11.5. The summed E-state index contributed by atoms with van der Waals surface area (Å²) in [7, 11) is 0. The Balaban J connectivity index is 1.90. The van der Waals surface area contributed by atoms with Crippen LogP contribution in [0.3, 0.4) is 0 Å². The lowest BCUT2D eigenvalue weighted by atomic mass is 9.94. The molecule has 0 spiro atoms. The largest absolute Gasteiger partial charge is 0.485 e. The number of halogens is 6. The van der Waals surface area contributed by atoms with Gasteiger partial charge in [-0.1, -0.05) is 12.1 Å². The average molecular weight is 502 g/mol. The normalized spacial score (nSPS) is 13.1. The van der Waals surface area contributed by atoms with Gasteiger partial charge in [0.15, 0.2) is 0 Å². The van der Waals surface area contributed by atoms with Crippen molar-refractivity contribution in [1.82, 2.24) is 0 Å².